The number of carbonyl (C=O) groups excluding carboxylic acids is 1. The Morgan fingerprint density at radius 1 is 1.00 bits per heavy atom. The third-order valence-electron chi connectivity index (χ3n) is 4.17. The highest BCUT2D eigenvalue weighted by Crippen LogP contribution is 2.54. The van der Waals surface area contributed by atoms with Gasteiger partial charge in [0.15, 0.2) is 0 Å². The Hall–Kier alpha value is -1.51. The predicted molar refractivity (Wildman–Crippen MR) is 94.5 cm³/mol. The molecule has 1 aliphatic carbocycles. The van der Waals surface area contributed by atoms with Gasteiger partial charge in [-0.2, -0.15) is 0 Å². The molecule has 1 aliphatic rings. The standard InChI is InChI=1S/C19H19Cl2NO/c20-19(21)13-17(19)18(23)22(14-16-9-5-2-6-10-16)12-11-15-7-3-1-4-8-15/h1-10,17H,11-14H2. The number of carbonyl (C=O) groups is 1. The summed E-state index contributed by atoms with van der Waals surface area (Å²) in [5.74, 6) is -0.222. The zero-order valence-electron chi connectivity index (χ0n) is 12.8. The molecule has 23 heavy (non-hydrogen) atoms. The van der Waals surface area contributed by atoms with Crippen LogP contribution in [0.4, 0.5) is 0 Å². The summed E-state index contributed by atoms with van der Waals surface area (Å²) >= 11 is 12.2. The van der Waals surface area contributed by atoms with Crippen LogP contribution in [0.2, 0.25) is 0 Å². The molecule has 0 heterocycles. The van der Waals surface area contributed by atoms with Crippen molar-refractivity contribution >= 4 is 29.1 Å². The lowest BCUT2D eigenvalue weighted by Gasteiger charge is -2.23. The molecule has 1 amide bonds. The quantitative estimate of drug-likeness (QED) is 0.706. The van der Waals surface area contributed by atoms with E-state index in [9.17, 15) is 4.79 Å². The van der Waals surface area contributed by atoms with Crippen LogP contribution in [0.1, 0.15) is 17.5 Å². The first-order valence-corrected chi connectivity index (χ1v) is 8.56. The minimum atomic E-state index is -0.876. The van der Waals surface area contributed by atoms with E-state index in [1.54, 1.807) is 0 Å². The van der Waals surface area contributed by atoms with Crippen LogP contribution in [0.3, 0.4) is 0 Å². The second-order valence-electron chi connectivity index (χ2n) is 6.00. The summed E-state index contributed by atoms with van der Waals surface area (Å²) in [7, 11) is 0. The van der Waals surface area contributed by atoms with Gasteiger partial charge in [0.1, 0.15) is 4.33 Å². The zero-order valence-corrected chi connectivity index (χ0v) is 14.3. The van der Waals surface area contributed by atoms with E-state index in [-0.39, 0.29) is 11.8 Å². The van der Waals surface area contributed by atoms with Gasteiger partial charge in [-0.1, -0.05) is 60.7 Å². The van der Waals surface area contributed by atoms with E-state index in [4.69, 9.17) is 23.2 Å². The molecule has 0 aliphatic heterocycles. The Bertz CT molecular complexity index is 658. The maximum absolute atomic E-state index is 12.7. The van der Waals surface area contributed by atoms with Gasteiger partial charge in [-0.05, 0) is 24.0 Å². The summed E-state index contributed by atoms with van der Waals surface area (Å²) in [5.41, 5.74) is 2.33. The van der Waals surface area contributed by atoms with Crippen molar-refractivity contribution in [2.24, 2.45) is 5.92 Å². The van der Waals surface area contributed by atoms with Crippen molar-refractivity contribution in [3.63, 3.8) is 0 Å². The van der Waals surface area contributed by atoms with Crippen LogP contribution >= 0.6 is 23.2 Å². The van der Waals surface area contributed by atoms with Gasteiger partial charge in [0.25, 0.3) is 0 Å². The number of hydrogen-bond donors (Lipinski definition) is 0. The zero-order chi connectivity index (χ0) is 16.3. The highest BCUT2D eigenvalue weighted by atomic mass is 35.5. The molecule has 0 bridgehead atoms. The molecular formula is C19H19Cl2NO. The number of amides is 1. The van der Waals surface area contributed by atoms with Crippen molar-refractivity contribution < 1.29 is 4.79 Å². The SMILES string of the molecule is O=C(C1CC1(Cl)Cl)N(CCc1ccccc1)Cc1ccccc1. The molecule has 0 N–H and O–H groups in total. The molecule has 2 nitrogen and oxygen atoms in total. The first kappa shape index (κ1) is 16.4. The lowest BCUT2D eigenvalue weighted by atomic mass is 10.1. The molecule has 1 fully saturated rings. The number of nitrogens with zero attached hydrogens (tertiary/aromatic N) is 1. The first-order valence-electron chi connectivity index (χ1n) is 7.81. The number of benzene rings is 2. The monoisotopic (exact) mass is 347 g/mol. The Labute approximate surface area is 147 Å². The van der Waals surface area contributed by atoms with E-state index in [1.165, 1.54) is 5.56 Å². The van der Waals surface area contributed by atoms with E-state index in [2.05, 4.69) is 12.1 Å². The highest BCUT2D eigenvalue weighted by Gasteiger charge is 2.57. The van der Waals surface area contributed by atoms with E-state index >= 15 is 0 Å². The van der Waals surface area contributed by atoms with Crippen molar-refractivity contribution in [2.75, 3.05) is 6.54 Å². The minimum absolute atomic E-state index is 0.0507. The van der Waals surface area contributed by atoms with Crippen LogP contribution in [0, 0.1) is 5.92 Å². The van der Waals surface area contributed by atoms with Gasteiger partial charge in [0, 0.05) is 13.1 Å². The topological polar surface area (TPSA) is 20.3 Å². The van der Waals surface area contributed by atoms with Gasteiger partial charge in [0.05, 0.1) is 5.92 Å². The molecule has 1 unspecified atom stereocenters. The second-order valence-corrected chi connectivity index (χ2v) is 7.54. The smallest absolute Gasteiger partial charge is 0.229 e. The molecule has 3 rings (SSSR count). The number of alkyl halides is 2. The molecule has 0 aromatic heterocycles. The molecule has 2 aromatic rings. The molecule has 1 saturated carbocycles. The van der Waals surface area contributed by atoms with Gasteiger partial charge in [-0.3, -0.25) is 4.79 Å². The first-order chi connectivity index (χ1) is 11.1. The third kappa shape index (κ3) is 4.27. The van der Waals surface area contributed by atoms with Crippen molar-refractivity contribution in [2.45, 2.75) is 23.7 Å². The summed E-state index contributed by atoms with van der Waals surface area (Å²) in [4.78, 5) is 14.6. The van der Waals surface area contributed by atoms with Crippen molar-refractivity contribution in [3.05, 3.63) is 71.8 Å². The van der Waals surface area contributed by atoms with Gasteiger partial charge in [0.2, 0.25) is 5.91 Å². The molecule has 0 saturated heterocycles. The molecule has 0 spiro atoms. The number of rotatable bonds is 6. The minimum Gasteiger partial charge on any atom is -0.338 e. The molecular weight excluding hydrogens is 329 g/mol. The van der Waals surface area contributed by atoms with Crippen LogP contribution < -0.4 is 0 Å². The second kappa shape index (κ2) is 6.94. The fourth-order valence-electron chi connectivity index (χ4n) is 2.68. The van der Waals surface area contributed by atoms with Crippen LogP contribution in [-0.4, -0.2) is 21.7 Å². The normalized spacial score (nSPS) is 18.4. The van der Waals surface area contributed by atoms with Crippen LogP contribution in [-0.2, 0) is 17.8 Å². The molecule has 120 valence electrons. The Morgan fingerprint density at radius 3 is 2.04 bits per heavy atom. The van der Waals surface area contributed by atoms with Gasteiger partial charge >= 0.3 is 0 Å². The van der Waals surface area contributed by atoms with E-state index in [0.717, 1.165) is 12.0 Å². The lowest BCUT2D eigenvalue weighted by molar-refractivity contribution is -0.133. The Morgan fingerprint density at radius 2 is 1.52 bits per heavy atom. The largest absolute Gasteiger partial charge is 0.338 e. The summed E-state index contributed by atoms with van der Waals surface area (Å²) in [6, 6.07) is 20.2. The Kier molecular flexibility index (Phi) is 4.93. The van der Waals surface area contributed by atoms with Crippen molar-refractivity contribution in [1.82, 2.24) is 4.90 Å². The van der Waals surface area contributed by atoms with Gasteiger partial charge in [-0.25, -0.2) is 0 Å². The van der Waals surface area contributed by atoms with E-state index in [1.807, 2.05) is 53.4 Å². The summed E-state index contributed by atoms with van der Waals surface area (Å²) < 4.78 is -0.876. The molecule has 4 heteroatoms. The lowest BCUT2D eigenvalue weighted by Crippen LogP contribution is -2.34. The highest BCUT2D eigenvalue weighted by molar-refractivity contribution is 6.52. The fraction of sp³-hybridized carbons (Fsp3) is 0.316. The average molecular weight is 348 g/mol. The average Bonchev–Trinajstić information content (AvgIpc) is 3.21. The van der Waals surface area contributed by atoms with Crippen molar-refractivity contribution in [1.29, 1.82) is 0 Å². The van der Waals surface area contributed by atoms with Crippen LogP contribution in [0.5, 0.6) is 0 Å². The van der Waals surface area contributed by atoms with Gasteiger partial charge in [-0.15, -0.1) is 23.2 Å². The third-order valence-corrected chi connectivity index (χ3v) is 5.00. The van der Waals surface area contributed by atoms with Gasteiger partial charge < -0.3 is 4.90 Å². The Balaban J connectivity index is 1.69. The van der Waals surface area contributed by atoms with E-state index in [0.29, 0.717) is 19.5 Å². The number of hydrogen-bond acceptors (Lipinski definition) is 1. The maximum Gasteiger partial charge on any atom is 0.229 e. The summed E-state index contributed by atoms with van der Waals surface area (Å²) in [5, 5.41) is 0. The molecule has 2 aromatic carbocycles. The van der Waals surface area contributed by atoms with Crippen molar-refractivity contribution in [3.8, 4) is 0 Å². The van der Waals surface area contributed by atoms with E-state index < -0.39 is 4.33 Å². The predicted octanol–water partition coefficient (Wildman–Crippen LogP) is 4.45. The van der Waals surface area contributed by atoms with Crippen LogP contribution in [0.15, 0.2) is 60.7 Å². The maximum atomic E-state index is 12.7. The number of halogens is 2. The summed E-state index contributed by atoms with van der Waals surface area (Å²) in [6.07, 6.45) is 1.37. The fourth-order valence-corrected chi connectivity index (χ4v) is 3.18. The summed E-state index contributed by atoms with van der Waals surface area (Å²) in [6.45, 7) is 1.25. The molecule has 0 radical (unpaired) electrons. The molecule has 1 atom stereocenters. The van der Waals surface area contributed by atoms with Crippen LogP contribution in [0.25, 0.3) is 0 Å².